The average Bonchev–Trinajstić information content (AvgIpc) is 3.20. The summed E-state index contributed by atoms with van der Waals surface area (Å²) in [6, 6.07) is 37.8. The molecule has 0 saturated heterocycles. The van der Waals surface area contributed by atoms with E-state index in [0.717, 1.165) is 16.7 Å². The molecular formula is C39H36ClFN4O4. The Hall–Kier alpha value is -5.51. The van der Waals surface area contributed by atoms with Gasteiger partial charge in [0, 0.05) is 30.8 Å². The van der Waals surface area contributed by atoms with E-state index in [9.17, 15) is 18.8 Å². The minimum absolute atomic E-state index is 0. The minimum atomic E-state index is -1.35. The summed E-state index contributed by atoms with van der Waals surface area (Å²) in [5, 5.41) is 2.69. The van der Waals surface area contributed by atoms with Crippen molar-refractivity contribution in [2.45, 2.75) is 32.7 Å². The highest BCUT2D eigenvalue weighted by molar-refractivity contribution is 6.21. The van der Waals surface area contributed by atoms with Crippen molar-refractivity contribution in [2.75, 3.05) is 9.80 Å². The number of carbonyl (C=O) groups is 3. The molecule has 0 aromatic heterocycles. The van der Waals surface area contributed by atoms with Gasteiger partial charge in [0.2, 0.25) is 17.7 Å². The van der Waals surface area contributed by atoms with Gasteiger partial charge < -0.3 is 20.7 Å². The fourth-order valence-electron chi connectivity index (χ4n) is 5.66. The van der Waals surface area contributed by atoms with E-state index in [-0.39, 0.29) is 25.5 Å². The molecule has 8 nitrogen and oxygen atoms in total. The second-order valence-corrected chi connectivity index (χ2v) is 11.5. The molecule has 1 heterocycles. The first-order valence-corrected chi connectivity index (χ1v) is 15.7. The van der Waals surface area contributed by atoms with E-state index in [1.807, 2.05) is 66.7 Å². The number of hydrogen-bond acceptors (Lipinski definition) is 5. The Balaban J connectivity index is 0.00000468. The van der Waals surface area contributed by atoms with E-state index < -0.39 is 35.9 Å². The molecule has 0 aliphatic carbocycles. The largest absolute Gasteiger partial charge is 0.489 e. The lowest BCUT2D eigenvalue weighted by atomic mass is 10.0. The lowest BCUT2D eigenvalue weighted by Crippen LogP contribution is -2.43. The number of carbonyl (C=O) groups excluding carboxylic acids is 3. The van der Waals surface area contributed by atoms with Crippen LogP contribution in [0.2, 0.25) is 0 Å². The van der Waals surface area contributed by atoms with Gasteiger partial charge >= 0.3 is 0 Å². The Labute approximate surface area is 290 Å². The molecule has 1 unspecified atom stereocenters. The first-order valence-electron chi connectivity index (χ1n) is 15.7. The number of fused-ring (bicyclic) bond motifs is 1. The van der Waals surface area contributed by atoms with E-state index in [2.05, 4.69) is 5.32 Å². The summed E-state index contributed by atoms with van der Waals surface area (Å²) in [5.41, 5.74) is 10.4. The molecule has 3 amide bonds. The second-order valence-electron chi connectivity index (χ2n) is 11.5. The van der Waals surface area contributed by atoms with Crippen molar-refractivity contribution in [1.82, 2.24) is 5.32 Å². The van der Waals surface area contributed by atoms with Crippen LogP contribution in [0, 0.1) is 11.7 Å². The summed E-state index contributed by atoms with van der Waals surface area (Å²) in [7, 11) is 0. The molecular weight excluding hydrogens is 643 g/mol. The lowest BCUT2D eigenvalue weighted by molar-refractivity contribution is -0.136. The fraction of sp³-hybridized carbons (Fsp3) is 0.154. The van der Waals surface area contributed by atoms with Gasteiger partial charge in [0.25, 0.3) is 0 Å². The van der Waals surface area contributed by atoms with E-state index in [4.69, 9.17) is 10.5 Å². The number of amides is 3. The lowest BCUT2D eigenvalue weighted by Gasteiger charge is -2.26. The molecule has 0 radical (unpaired) electrons. The van der Waals surface area contributed by atoms with E-state index in [1.54, 1.807) is 59.5 Å². The quantitative estimate of drug-likeness (QED) is 0.149. The first kappa shape index (κ1) is 34.8. The molecule has 250 valence electrons. The van der Waals surface area contributed by atoms with Gasteiger partial charge in [-0.25, -0.2) is 4.39 Å². The third kappa shape index (κ3) is 8.14. The number of rotatable bonds is 11. The molecule has 1 aliphatic heterocycles. The number of para-hydroxylation sites is 2. The van der Waals surface area contributed by atoms with Gasteiger partial charge in [-0.2, -0.15) is 0 Å². The van der Waals surface area contributed by atoms with Crippen LogP contribution in [-0.4, -0.2) is 17.7 Å². The maximum atomic E-state index is 14.4. The molecule has 0 fully saturated rings. The summed E-state index contributed by atoms with van der Waals surface area (Å²) >= 11 is 0. The zero-order valence-electron chi connectivity index (χ0n) is 26.6. The third-order valence-electron chi connectivity index (χ3n) is 8.26. The van der Waals surface area contributed by atoms with Crippen molar-refractivity contribution in [2.24, 2.45) is 11.7 Å². The van der Waals surface area contributed by atoms with Crippen LogP contribution in [0.1, 0.15) is 28.7 Å². The van der Waals surface area contributed by atoms with Crippen molar-refractivity contribution in [3.63, 3.8) is 0 Å². The van der Waals surface area contributed by atoms with Crippen LogP contribution < -0.4 is 25.6 Å². The Morgan fingerprint density at radius 1 is 0.735 bits per heavy atom. The average molecular weight is 679 g/mol. The smallest absolute Gasteiger partial charge is 0.244 e. The number of nitrogens with one attached hydrogen (secondary N) is 1. The Bertz CT molecular complexity index is 1910. The zero-order valence-corrected chi connectivity index (χ0v) is 27.4. The predicted octanol–water partition coefficient (Wildman–Crippen LogP) is 6.82. The number of benzene rings is 5. The number of nitrogens with zero attached hydrogens (tertiary/aromatic N) is 2. The molecule has 6 rings (SSSR count). The minimum Gasteiger partial charge on any atom is -0.489 e. The standard InChI is InChI=1S/C39H35FN4O4.ClH/c40-34-11-5-4-10-30(34)24-42-37(45)22-33-38(46)43(25-28-16-20-32(21-17-28)48-26-29-8-2-1-3-9-29)35-12-6-7-13-36(35)44(39(33)47)31-18-14-27(23-41)15-19-31;/h1-21,33H,22-26,41H2,(H,42,45);1H. The third-order valence-corrected chi connectivity index (χ3v) is 8.26. The molecule has 1 aliphatic rings. The Morgan fingerprint density at radius 3 is 2.06 bits per heavy atom. The van der Waals surface area contributed by atoms with Crippen LogP contribution in [0.3, 0.4) is 0 Å². The monoisotopic (exact) mass is 678 g/mol. The maximum absolute atomic E-state index is 14.4. The van der Waals surface area contributed by atoms with E-state index >= 15 is 0 Å². The van der Waals surface area contributed by atoms with Crippen molar-refractivity contribution >= 4 is 47.2 Å². The van der Waals surface area contributed by atoms with Gasteiger partial charge in [-0.1, -0.05) is 84.9 Å². The van der Waals surface area contributed by atoms with Crippen molar-refractivity contribution in [3.05, 3.63) is 155 Å². The number of nitrogens with two attached hydrogens (primary N) is 1. The van der Waals surface area contributed by atoms with Crippen molar-refractivity contribution in [3.8, 4) is 5.75 Å². The van der Waals surface area contributed by atoms with Crippen LogP contribution in [-0.2, 0) is 40.6 Å². The molecule has 5 aromatic carbocycles. The Kier molecular flexibility index (Phi) is 11.4. The molecule has 5 aromatic rings. The highest BCUT2D eigenvalue weighted by Crippen LogP contribution is 2.40. The van der Waals surface area contributed by atoms with Crippen molar-refractivity contribution in [1.29, 1.82) is 0 Å². The summed E-state index contributed by atoms with van der Waals surface area (Å²) in [6.07, 6.45) is -0.416. The van der Waals surface area contributed by atoms with Gasteiger partial charge in [-0.15, -0.1) is 12.4 Å². The summed E-state index contributed by atoms with van der Waals surface area (Å²) in [5.74, 6) is -2.73. The van der Waals surface area contributed by atoms with Crippen molar-refractivity contribution < 1.29 is 23.5 Å². The second kappa shape index (κ2) is 16.1. The maximum Gasteiger partial charge on any atom is 0.244 e. The van der Waals surface area contributed by atoms with E-state index in [1.165, 1.54) is 11.0 Å². The number of hydrogen-bond donors (Lipinski definition) is 2. The fourth-order valence-corrected chi connectivity index (χ4v) is 5.66. The number of anilines is 3. The molecule has 49 heavy (non-hydrogen) atoms. The number of halogens is 2. The highest BCUT2D eigenvalue weighted by Gasteiger charge is 2.42. The Morgan fingerprint density at radius 2 is 1.37 bits per heavy atom. The normalized spacial score (nSPS) is 14.0. The molecule has 3 N–H and O–H groups in total. The molecule has 0 spiro atoms. The van der Waals surface area contributed by atoms with Gasteiger partial charge in [0.1, 0.15) is 24.1 Å². The summed E-state index contributed by atoms with van der Waals surface area (Å²) < 4.78 is 20.2. The van der Waals surface area contributed by atoms with Gasteiger partial charge in [-0.05, 0) is 59.2 Å². The van der Waals surface area contributed by atoms with Gasteiger partial charge in [0.15, 0.2) is 0 Å². The van der Waals surface area contributed by atoms with Crippen LogP contribution in [0.25, 0.3) is 0 Å². The number of ether oxygens (including phenoxy) is 1. The van der Waals surface area contributed by atoms with E-state index in [0.29, 0.717) is 41.5 Å². The topological polar surface area (TPSA) is 105 Å². The zero-order chi connectivity index (χ0) is 33.5. The molecule has 0 saturated carbocycles. The summed E-state index contributed by atoms with van der Waals surface area (Å²) in [4.78, 5) is 45.1. The summed E-state index contributed by atoms with van der Waals surface area (Å²) in [6.45, 7) is 0.823. The first-order chi connectivity index (χ1) is 23.4. The highest BCUT2D eigenvalue weighted by atomic mass is 35.5. The SMILES string of the molecule is Cl.NCc1ccc(N2C(=O)C(CC(=O)NCc3ccccc3F)C(=O)N(Cc3ccc(OCc4ccccc4)cc3)c3ccccc32)cc1. The molecule has 0 bridgehead atoms. The van der Waals surface area contributed by atoms with Crippen LogP contribution in [0.15, 0.2) is 127 Å². The molecule has 10 heteroatoms. The van der Waals surface area contributed by atoms with Crippen LogP contribution in [0.4, 0.5) is 21.5 Å². The predicted molar refractivity (Wildman–Crippen MR) is 190 cm³/mol. The molecule has 1 atom stereocenters. The van der Waals surface area contributed by atoms with Crippen LogP contribution >= 0.6 is 12.4 Å². The van der Waals surface area contributed by atoms with Crippen LogP contribution in [0.5, 0.6) is 5.75 Å². The van der Waals surface area contributed by atoms with Gasteiger partial charge in [0.05, 0.1) is 17.9 Å². The van der Waals surface area contributed by atoms with Gasteiger partial charge in [-0.3, -0.25) is 19.3 Å².